The van der Waals surface area contributed by atoms with E-state index in [-0.39, 0.29) is 17.8 Å². The minimum atomic E-state index is -0.164. The lowest BCUT2D eigenvalue weighted by atomic mass is 10.00. The molecule has 4 heteroatoms. The second kappa shape index (κ2) is 9.13. The van der Waals surface area contributed by atoms with Crippen LogP contribution >= 0.6 is 0 Å². The van der Waals surface area contributed by atoms with Crippen LogP contribution in [0.15, 0.2) is 30.3 Å². The summed E-state index contributed by atoms with van der Waals surface area (Å²) in [6, 6.07) is 9.06. The molecule has 0 aliphatic rings. The molecule has 0 radical (unpaired) electrons. The van der Waals surface area contributed by atoms with Crippen LogP contribution in [0.2, 0.25) is 0 Å². The molecule has 20 heavy (non-hydrogen) atoms. The van der Waals surface area contributed by atoms with E-state index in [0.29, 0.717) is 25.1 Å². The van der Waals surface area contributed by atoms with Gasteiger partial charge < -0.3 is 10.1 Å². The Morgan fingerprint density at radius 2 is 1.85 bits per heavy atom. The molecule has 1 N–H and O–H groups in total. The van der Waals surface area contributed by atoms with E-state index in [0.717, 1.165) is 12.8 Å². The second-order valence-corrected chi connectivity index (χ2v) is 4.65. The summed E-state index contributed by atoms with van der Waals surface area (Å²) in [7, 11) is 0. The van der Waals surface area contributed by atoms with Gasteiger partial charge in [-0.25, -0.2) is 0 Å². The van der Waals surface area contributed by atoms with Gasteiger partial charge in [-0.2, -0.15) is 0 Å². The zero-order valence-corrected chi connectivity index (χ0v) is 12.2. The van der Waals surface area contributed by atoms with Crippen molar-refractivity contribution >= 4 is 11.9 Å². The smallest absolute Gasteiger partial charge is 0.308 e. The molecule has 0 fully saturated rings. The third-order valence-corrected chi connectivity index (χ3v) is 3.07. The fourth-order valence-corrected chi connectivity index (χ4v) is 2.04. The molecule has 1 aromatic carbocycles. The molecule has 0 spiro atoms. The molecule has 0 aliphatic carbocycles. The number of ether oxygens (including phenoxy) is 1. The number of carbonyl (C=O) groups excluding carboxylic acids is 2. The van der Waals surface area contributed by atoms with E-state index < -0.39 is 0 Å². The van der Waals surface area contributed by atoms with Gasteiger partial charge in [0.2, 0.25) is 0 Å². The predicted octanol–water partition coefficient (Wildman–Crippen LogP) is 2.79. The number of hydrogen-bond acceptors (Lipinski definition) is 3. The van der Waals surface area contributed by atoms with E-state index in [9.17, 15) is 9.59 Å². The van der Waals surface area contributed by atoms with Crippen molar-refractivity contribution in [3.63, 3.8) is 0 Å². The molecule has 1 rings (SSSR count). The highest BCUT2D eigenvalue weighted by Crippen LogP contribution is 2.13. The van der Waals surface area contributed by atoms with Gasteiger partial charge >= 0.3 is 5.97 Å². The first-order valence-electron chi connectivity index (χ1n) is 7.18. The average Bonchev–Trinajstić information content (AvgIpc) is 2.47. The minimum Gasteiger partial charge on any atom is -0.466 e. The van der Waals surface area contributed by atoms with Crippen molar-refractivity contribution in [3.05, 3.63) is 35.9 Å². The standard InChI is InChI=1S/C16H23NO3/c1-3-8-14(16(19)20-4-2)11-12-17-15(18)13-9-6-5-7-10-13/h5-7,9-10,14H,3-4,8,11-12H2,1-2H3,(H,17,18). The number of nitrogens with one attached hydrogen (secondary N) is 1. The molecule has 110 valence electrons. The minimum absolute atomic E-state index is 0.107. The van der Waals surface area contributed by atoms with Crippen molar-refractivity contribution in [2.45, 2.75) is 33.1 Å². The Balaban J connectivity index is 2.40. The van der Waals surface area contributed by atoms with Gasteiger partial charge in [0, 0.05) is 12.1 Å². The average molecular weight is 277 g/mol. The number of esters is 1. The summed E-state index contributed by atoms with van der Waals surface area (Å²) in [5.74, 6) is -0.399. The van der Waals surface area contributed by atoms with Gasteiger partial charge in [-0.05, 0) is 31.9 Å². The molecule has 1 aromatic rings. The lowest BCUT2D eigenvalue weighted by Gasteiger charge is -2.15. The van der Waals surface area contributed by atoms with Crippen LogP contribution in [-0.2, 0) is 9.53 Å². The molecule has 0 bridgehead atoms. The Bertz CT molecular complexity index is 417. The first-order valence-corrected chi connectivity index (χ1v) is 7.18. The Kier molecular flexibility index (Phi) is 7.40. The SMILES string of the molecule is CCCC(CCNC(=O)c1ccccc1)C(=O)OCC. The molecule has 0 aromatic heterocycles. The van der Waals surface area contributed by atoms with Gasteiger partial charge in [0.1, 0.15) is 0 Å². The van der Waals surface area contributed by atoms with Crippen molar-refractivity contribution in [1.82, 2.24) is 5.32 Å². The van der Waals surface area contributed by atoms with Crippen LogP contribution < -0.4 is 5.32 Å². The maximum atomic E-state index is 11.9. The molecule has 0 heterocycles. The molecule has 0 aliphatic heterocycles. The molecule has 0 saturated heterocycles. The van der Waals surface area contributed by atoms with Gasteiger partial charge in [-0.1, -0.05) is 31.5 Å². The molecular formula is C16H23NO3. The van der Waals surface area contributed by atoms with Gasteiger partial charge in [0.25, 0.3) is 5.91 Å². The highest BCUT2D eigenvalue weighted by molar-refractivity contribution is 5.94. The Morgan fingerprint density at radius 3 is 2.45 bits per heavy atom. The van der Waals surface area contributed by atoms with Crippen LogP contribution in [0.5, 0.6) is 0 Å². The van der Waals surface area contributed by atoms with Crippen LogP contribution in [0.25, 0.3) is 0 Å². The quantitative estimate of drug-likeness (QED) is 0.743. The zero-order chi connectivity index (χ0) is 14.8. The molecular weight excluding hydrogens is 254 g/mol. The van der Waals surface area contributed by atoms with E-state index in [2.05, 4.69) is 5.32 Å². The second-order valence-electron chi connectivity index (χ2n) is 4.65. The number of amides is 1. The molecule has 1 unspecified atom stereocenters. The van der Waals surface area contributed by atoms with E-state index >= 15 is 0 Å². The highest BCUT2D eigenvalue weighted by atomic mass is 16.5. The molecule has 1 amide bonds. The maximum Gasteiger partial charge on any atom is 0.308 e. The van der Waals surface area contributed by atoms with Crippen molar-refractivity contribution in [1.29, 1.82) is 0 Å². The molecule has 0 saturated carbocycles. The normalized spacial score (nSPS) is 11.7. The Hall–Kier alpha value is -1.84. The number of benzene rings is 1. The van der Waals surface area contributed by atoms with Crippen LogP contribution in [0, 0.1) is 5.92 Å². The zero-order valence-electron chi connectivity index (χ0n) is 12.2. The van der Waals surface area contributed by atoms with Gasteiger partial charge in [0.15, 0.2) is 0 Å². The van der Waals surface area contributed by atoms with Gasteiger partial charge in [-0.3, -0.25) is 9.59 Å². The van der Waals surface area contributed by atoms with Crippen molar-refractivity contribution in [2.75, 3.05) is 13.2 Å². The predicted molar refractivity (Wildman–Crippen MR) is 78.4 cm³/mol. The summed E-state index contributed by atoms with van der Waals surface area (Å²) in [5, 5.41) is 2.84. The van der Waals surface area contributed by atoms with Crippen LogP contribution in [-0.4, -0.2) is 25.0 Å². The number of carbonyl (C=O) groups is 2. The summed E-state index contributed by atoms with van der Waals surface area (Å²) in [5.41, 5.74) is 0.635. The Morgan fingerprint density at radius 1 is 1.15 bits per heavy atom. The summed E-state index contributed by atoms with van der Waals surface area (Å²) in [6.07, 6.45) is 2.33. The Labute approximate surface area is 120 Å². The lowest BCUT2D eigenvalue weighted by Crippen LogP contribution is -2.28. The fourth-order valence-electron chi connectivity index (χ4n) is 2.04. The van der Waals surface area contributed by atoms with E-state index in [1.807, 2.05) is 25.1 Å². The van der Waals surface area contributed by atoms with Crippen LogP contribution in [0.1, 0.15) is 43.5 Å². The molecule has 1 atom stereocenters. The first kappa shape index (κ1) is 16.2. The van der Waals surface area contributed by atoms with Crippen LogP contribution in [0.4, 0.5) is 0 Å². The van der Waals surface area contributed by atoms with E-state index in [1.54, 1.807) is 19.1 Å². The number of hydrogen-bond donors (Lipinski definition) is 1. The largest absolute Gasteiger partial charge is 0.466 e. The highest BCUT2D eigenvalue weighted by Gasteiger charge is 2.18. The summed E-state index contributed by atoms with van der Waals surface area (Å²) in [4.78, 5) is 23.6. The van der Waals surface area contributed by atoms with Crippen molar-refractivity contribution in [2.24, 2.45) is 5.92 Å². The molecule has 4 nitrogen and oxygen atoms in total. The fraction of sp³-hybridized carbons (Fsp3) is 0.500. The van der Waals surface area contributed by atoms with E-state index in [1.165, 1.54) is 0 Å². The third-order valence-electron chi connectivity index (χ3n) is 3.07. The first-order chi connectivity index (χ1) is 9.69. The van der Waals surface area contributed by atoms with Crippen molar-refractivity contribution in [3.8, 4) is 0 Å². The maximum absolute atomic E-state index is 11.9. The monoisotopic (exact) mass is 277 g/mol. The summed E-state index contributed by atoms with van der Waals surface area (Å²) >= 11 is 0. The van der Waals surface area contributed by atoms with E-state index in [4.69, 9.17) is 4.74 Å². The van der Waals surface area contributed by atoms with Gasteiger partial charge in [-0.15, -0.1) is 0 Å². The van der Waals surface area contributed by atoms with Crippen LogP contribution in [0.3, 0.4) is 0 Å². The summed E-state index contributed by atoms with van der Waals surface area (Å²) in [6.45, 7) is 4.72. The summed E-state index contributed by atoms with van der Waals surface area (Å²) < 4.78 is 5.05. The lowest BCUT2D eigenvalue weighted by molar-refractivity contribution is -0.148. The topological polar surface area (TPSA) is 55.4 Å². The number of rotatable bonds is 8. The third kappa shape index (κ3) is 5.43. The van der Waals surface area contributed by atoms with Gasteiger partial charge in [0.05, 0.1) is 12.5 Å². The van der Waals surface area contributed by atoms with Crippen molar-refractivity contribution < 1.29 is 14.3 Å².